The Morgan fingerprint density at radius 3 is 2.41 bits per heavy atom. The highest BCUT2D eigenvalue weighted by molar-refractivity contribution is 9.10. The number of rotatable bonds is 9. The van der Waals surface area contributed by atoms with E-state index in [-0.39, 0.29) is 23.8 Å². The van der Waals surface area contributed by atoms with E-state index in [0.29, 0.717) is 6.54 Å². The van der Waals surface area contributed by atoms with Crippen molar-refractivity contribution < 1.29 is 13.2 Å². The van der Waals surface area contributed by atoms with E-state index in [9.17, 15) is 13.2 Å². The average molecular weight is 391 g/mol. The van der Waals surface area contributed by atoms with E-state index in [4.69, 9.17) is 0 Å². The van der Waals surface area contributed by atoms with Crippen LogP contribution in [0.1, 0.15) is 33.1 Å². The number of sulfonamides is 1. The molecule has 0 saturated carbocycles. The number of amides is 1. The first-order chi connectivity index (χ1) is 10.4. The predicted octanol–water partition coefficient (Wildman–Crippen LogP) is 2.77. The first kappa shape index (κ1) is 19.1. The quantitative estimate of drug-likeness (QED) is 0.704. The lowest BCUT2D eigenvalue weighted by molar-refractivity contribution is -0.130. The van der Waals surface area contributed by atoms with Gasteiger partial charge in [-0.25, -0.2) is 13.1 Å². The van der Waals surface area contributed by atoms with Gasteiger partial charge < -0.3 is 4.90 Å². The third-order valence-corrected chi connectivity index (χ3v) is 5.28. The molecule has 5 nitrogen and oxygen atoms in total. The van der Waals surface area contributed by atoms with E-state index in [1.807, 2.05) is 6.92 Å². The normalized spacial score (nSPS) is 11.4. The number of nitrogens with zero attached hydrogens (tertiary/aromatic N) is 1. The summed E-state index contributed by atoms with van der Waals surface area (Å²) in [5, 5.41) is 0. The lowest BCUT2D eigenvalue weighted by Crippen LogP contribution is -2.35. The minimum atomic E-state index is -3.56. The van der Waals surface area contributed by atoms with Gasteiger partial charge in [0.25, 0.3) is 0 Å². The predicted molar refractivity (Wildman–Crippen MR) is 91.1 cm³/mol. The van der Waals surface area contributed by atoms with Crippen LogP contribution in [0.4, 0.5) is 0 Å². The maximum atomic E-state index is 12.1. The third kappa shape index (κ3) is 6.06. The zero-order valence-electron chi connectivity index (χ0n) is 13.0. The van der Waals surface area contributed by atoms with Gasteiger partial charge in [-0.1, -0.05) is 29.3 Å². The number of carbonyl (C=O) groups is 1. The van der Waals surface area contributed by atoms with Crippen LogP contribution in [0.3, 0.4) is 0 Å². The number of hydrogen-bond donors (Lipinski definition) is 1. The summed E-state index contributed by atoms with van der Waals surface area (Å²) in [6, 6.07) is 6.38. The van der Waals surface area contributed by atoms with Crippen molar-refractivity contribution in [2.45, 2.75) is 38.0 Å². The zero-order chi connectivity index (χ0) is 16.6. The number of carbonyl (C=O) groups excluding carboxylic acids is 1. The fourth-order valence-corrected chi connectivity index (χ4v) is 3.25. The van der Waals surface area contributed by atoms with Crippen molar-refractivity contribution in [1.29, 1.82) is 0 Å². The molecule has 0 fully saturated rings. The van der Waals surface area contributed by atoms with Crippen LogP contribution in [-0.4, -0.2) is 38.9 Å². The van der Waals surface area contributed by atoms with Crippen LogP contribution in [0.25, 0.3) is 0 Å². The Hall–Kier alpha value is -0.920. The van der Waals surface area contributed by atoms with Gasteiger partial charge in [0.1, 0.15) is 0 Å². The Morgan fingerprint density at radius 2 is 1.86 bits per heavy atom. The van der Waals surface area contributed by atoms with Gasteiger partial charge in [-0.2, -0.15) is 0 Å². The van der Waals surface area contributed by atoms with Crippen molar-refractivity contribution in [3.63, 3.8) is 0 Å². The molecule has 0 bridgehead atoms. The molecule has 1 amide bonds. The summed E-state index contributed by atoms with van der Waals surface area (Å²) >= 11 is 3.26. The summed E-state index contributed by atoms with van der Waals surface area (Å²) in [5.41, 5.74) is 0. The number of nitrogens with one attached hydrogen (secondary N) is 1. The summed E-state index contributed by atoms with van der Waals surface area (Å²) in [7, 11) is -3.56. The molecule has 1 rings (SSSR count). The van der Waals surface area contributed by atoms with E-state index < -0.39 is 10.0 Å². The fourth-order valence-electron chi connectivity index (χ4n) is 1.96. The molecular formula is C15H23BrN2O3S. The zero-order valence-corrected chi connectivity index (χ0v) is 15.4. The minimum absolute atomic E-state index is 0.0190. The molecule has 0 radical (unpaired) electrons. The molecular weight excluding hydrogens is 368 g/mol. The van der Waals surface area contributed by atoms with Crippen molar-refractivity contribution >= 4 is 31.9 Å². The third-order valence-electron chi connectivity index (χ3n) is 3.27. The van der Waals surface area contributed by atoms with Crippen molar-refractivity contribution in [2.24, 2.45) is 0 Å². The SMILES string of the molecule is CCCCN(CC)C(=O)CCNS(=O)(=O)c1ccc(Br)cc1. The van der Waals surface area contributed by atoms with Gasteiger partial charge in [-0.05, 0) is 37.6 Å². The lowest BCUT2D eigenvalue weighted by atomic mass is 10.3. The van der Waals surface area contributed by atoms with Crippen LogP contribution in [0.5, 0.6) is 0 Å². The van der Waals surface area contributed by atoms with Crippen LogP contribution >= 0.6 is 15.9 Å². The summed E-state index contributed by atoms with van der Waals surface area (Å²) in [4.78, 5) is 14.0. The van der Waals surface area contributed by atoms with Crippen LogP contribution in [-0.2, 0) is 14.8 Å². The van der Waals surface area contributed by atoms with E-state index in [0.717, 1.165) is 23.9 Å². The van der Waals surface area contributed by atoms with Gasteiger partial charge in [-0.3, -0.25) is 4.79 Å². The van der Waals surface area contributed by atoms with Crippen LogP contribution < -0.4 is 4.72 Å². The van der Waals surface area contributed by atoms with Crippen LogP contribution in [0.2, 0.25) is 0 Å². The monoisotopic (exact) mass is 390 g/mol. The van der Waals surface area contributed by atoms with E-state index in [2.05, 4.69) is 27.6 Å². The summed E-state index contributed by atoms with van der Waals surface area (Å²) in [6.07, 6.45) is 2.16. The average Bonchev–Trinajstić information content (AvgIpc) is 2.48. The minimum Gasteiger partial charge on any atom is -0.343 e. The highest BCUT2D eigenvalue weighted by Crippen LogP contribution is 2.14. The Morgan fingerprint density at radius 1 is 1.23 bits per heavy atom. The molecule has 1 N–H and O–H groups in total. The summed E-state index contributed by atoms with van der Waals surface area (Å²) in [5.74, 6) is -0.0190. The number of hydrogen-bond acceptors (Lipinski definition) is 3. The second kappa shape index (κ2) is 9.27. The van der Waals surface area contributed by atoms with Crippen molar-refractivity contribution in [1.82, 2.24) is 9.62 Å². The van der Waals surface area contributed by atoms with Gasteiger partial charge in [0.05, 0.1) is 4.90 Å². The van der Waals surface area contributed by atoms with Crippen molar-refractivity contribution in [3.8, 4) is 0 Å². The van der Waals surface area contributed by atoms with E-state index >= 15 is 0 Å². The largest absolute Gasteiger partial charge is 0.343 e. The smallest absolute Gasteiger partial charge is 0.240 e. The first-order valence-electron chi connectivity index (χ1n) is 7.43. The topological polar surface area (TPSA) is 66.5 Å². The number of benzene rings is 1. The molecule has 1 aromatic rings. The Labute approximate surface area is 141 Å². The molecule has 0 aliphatic carbocycles. The van der Waals surface area contributed by atoms with Gasteiger partial charge in [-0.15, -0.1) is 0 Å². The van der Waals surface area contributed by atoms with Gasteiger partial charge in [0, 0.05) is 30.5 Å². The van der Waals surface area contributed by atoms with Crippen LogP contribution in [0, 0.1) is 0 Å². The van der Waals surface area contributed by atoms with Gasteiger partial charge >= 0.3 is 0 Å². The molecule has 0 spiro atoms. The van der Waals surface area contributed by atoms with Gasteiger partial charge in [0.2, 0.25) is 15.9 Å². The molecule has 124 valence electrons. The Balaban J connectivity index is 2.51. The fraction of sp³-hybridized carbons (Fsp3) is 0.533. The maximum Gasteiger partial charge on any atom is 0.240 e. The van der Waals surface area contributed by atoms with Crippen molar-refractivity contribution in [2.75, 3.05) is 19.6 Å². The second-order valence-corrected chi connectivity index (χ2v) is 7.61. The molecule has 7 heteroatoms. The molecule has 0 heterocycles. The molecule has 0 unspecified atom stereocenters. The standard InChI is InChI=1S/C15H23BrN2O3S/c1-3-5-12-18(4-2)15(19)10-11-17-22(20,21)14-8-6-13(16)7-9-14/h6-9,17H,3-5,10-12H2,1-2H3. The molecule has 1 aromatic carbocycles. The molecule has 22 heavy (non-hydrogen) atoms. The lowest BCUT2D eigenvalue weighted by Gasteiger charge is -2.20. The highest BCUT2D eigenvalue weighted by Gasteiger charge is 2.15. The van der Waals surface area contributed by atoms with Gasteiger partial charge in [0.15, 0.2) is 0 Å². The second-order valence-electron chi connectivity index (χ2n) is 4.93. The Kier molecular flexibility index (Phi) is 8.06. The van der Waals surface area contributed by atoms with E-state index in [1.54, 1.807) is 17.0 Å². The summed E-state index contributed by atoms with van der Waals surface area (Å²) in [6.45, 7) is 5.49. The molecule has 0 aliphatic heterocycles. The molecule has 0 atom stereocenters. The van der Waals surface area contributed by atoms with E-state index in [1.165, 1.54) is 12.1 Å². The van der Waals surface area contributed by atoms with Crippen LogP contribution in [0.15, 0.2) is 33.6 Å². The maximum absolute atomic E-state index is 12.1. The molecule has 0 saturated heterocycles. The first-order valence-corrected chi connectivity index (χ1v) is 9.71. The molecule has 0 aliphatic rings. The van der Waals surface area contributed by atoms with Crippen molar-refractivity contribution in [3.05, 3.63) is 28.7 Å². The molecule has 0 aromatic heterocycles. The highest BCUT2D eigenvalue weighted by atomic mass is 79.9. The Bertz CT molecular complexity index is 573. The number of halogens is 1. The summed E-state index contributed by atoms with van der Waals surface area (Å²) < 4.78 is 27.5. The number of unbranched alkanes of at least 4 members (excludes halogenated alkanes) is 1.